The summed E-state index contributed by atoms with van der Waals surface area (Å²) in [7, 11) is 1.42. The van der Waals surface area contributed by atoms with Crippen LogP contribution in [0.1, 0.15) is 29.8 Å². The van der Waals surface area contributed by atoms with E-state index in [9.17, 15) is 14.4 Å². The van der Waals surface area contributed by atoms with Crippen LogP contribution in [-0.4, -0.2) is 44.7 Å². The molecule has 1 amide bonds. The minimum Gasteiger partial charge on any atom is -0.496 e. The molecule has 0 radical (unpaired) electrons. The van der Waals surface area contributed by atoms with Gasteiger partial charge in [-0.15, -0.1) is 0 Å². The third-order valence-corrected chi connectivity index (χ3v) is 6.30. The second-order valence-corrected chi connectivity index (χ2v) is 9.40. The van der Waals surface area contributed by atoms with Gasteiger partial charge in [0.1, 0.15) is 18.0 Å². The van der Waals surface area contributed by atoms with Crippen molar-refractivity contribution in [2.24, 2.45) is 0 Å². The summed E-state index contributed by atoms with van der Waals surface area (Å²) in [6, 6.07) is 11.9. The molecule has 39 heavy (non-hydrogen) atoms. The molecule has 0 saturated heterocycles. The number of ketones is 1. The Morgan fingerprint density at radius 2 is 1.46 bits per heavy atom. The number of rotatable bonds is 10. The van der Waals surface area contributed by atoms with Gasteiger partial charge in [0.25, 0.3) is 0 Å². The van der Waals surface area contributed by atoms with Gasteiger partial charge in [-0.05, 0) is 62.4 Å². The molecule has 0 saturated carbocycles. The zero-order valence-corrected chi connectivity index (χ0v) is 24.1. The highest BCUT2D eigenvalue weighted by molar-refractivity contribution is 6.38. The van der Waals surface area contributed by atoms with E-state index < -0.39 is 24.4 Å². The van der Waals surface area contributed by atoms with Crippen molar-refractivity contribution in [2.45, 2.75) is 13.8 Å². The first kappa shape index (κ1) is 30.4. The van der Waals surface area contributed by atoms with Crippen LogP contribution in [0.15, 0.2) is 48.5 Å². The van der Waals surface area contributed by atoms with Gasteiger partial charge in [-0.25, -0.2) is 4.79 Å². The molecule has 0 heterocycles. The number of halogens is 4. The van der Waals surface area contributed by atoms with Gasteiger partial charge in [-0.1, -0.05) is 46.4 Å². The Bertz CT molecular complexity index is 1370. The van der Waals surface area contributed by atoms with E-state index in [1.807, 2.05) is 0 Å². The molecule has 0 aliphatic rings. The third-order valence-electron chi connectivity index (χ3n) is 5.19. The molecule has 0 bridgehead atoms. The summed E-state index contributed by atoms with van der Waals surface area (Å²) in [5.74, 6) is -0.510. The molecular weight excluding hydrogens is 592 g/mol. The zero-order valence-electron chi connectivity index (χ0n) is 21.1. The van der Waals surface area contributed by atoms with Crippen LogP contribution in [0.5, 0.6) is 17.2 Å². The Hall–Kier alpha value is -3.17. The van der Waals surface area contributed by atoms with Gasteiger partial charge in [0.05, 0.1) is 46.6 Å². The van der Waals surface area contributed by atoms with Crippen molar-refractivity contribution < 1.29 is 33.3 Å². The lowest BCUT2D eigenvalue weighted by Crippen LogP contribution is -2.37. The lowest BCUT2D eigenvalue weighted by molar-refractivity contribution is -0.141. The minimum absolute atomic E-state index is 0.0279. The van der Waals surface area contributed by atoms with Gasteiger partial charge in [0.2, 0.25) is 0 Å². The molecule has 0 spiro atoms. The largest absolute Gasteiger partial charge is 0.496 e. The van der Waals surface area contributed by atoms with Crippen LogP contribution in [0.2, 0.25) is 20.1 Å². The van der Waals surface area contributed by atoms with Gasteiger partial charge in [-0.2, -0.15) is 0 Å². The molecule has 0 unspecified atom stereocenters. The zero-order chi connectivity index (χ0) is 28.7. The maximum atomic E-state index is 13.3. The first-order chi connectivity index (χ1) is 18.6. The average molecular weight is 615 g/mol. The molecular formula is C27H23Cl4NO7. The van der Waals surface area contributed by atoms with Crippen LogP contribution in [0.3, 0.4) is 0 Å². The van der Waals surface area contributed by atoms with Gasteiger partial charge >= 0.3 is 12.1 Å². The quantitative estimate of drug-likeness (QED) is 0.169. The Kier molecular flexibility index (Phi) is 10.7. The van der Waals surface area contributed by atoms with E-state index in [4.69, 9.17) is 65.4 Å². The number of carbonyl (C=O) groups is 3. The predicted molar refractivity (Wildman–Crippen MR) is 150 cm³/mol. The Labute approximate surface area is 245 Å². The molecule has 0 fully saturated rings. The van der Waals surface area contributed by atoms with E-state index in [2.05, 4.69) is 0 Å². The molecule has 0 aliphatic carbocycles. The topological polar surface area (TPSA) is 91.4 Å². The first-order valence-electron chi connectivity index (χ1n) is 11.5. The maximum Gasteiger partial charge on any atom is 0.414 e. The summed E-state index contributed by atoms with van der Waals surface area (Å²) in [6.07, 6.45) is -0.787. The lowest BCUT2D eigenvalue weighted by atomic mass is 10.0. The SMILES string of the molecule is CCOC(=O)CN(C(=O)OCC)c1cc(Cl)c(Oc2ccc(OC)c(C(=O)c3ccc(Cl)cc3Cl)c2)c(Cl)c1. The molecule has 0 aliphatic heterocycles. The normalized spacial score (nSPS) is 10.5. The Balaban J connectivity index is 1.96. The number of hydrogen-bond donors (Lipinski definition) is 0. The summed E-state index contributed by atoms with van der Waals surface area (Å²) in [6.45, 7) is 3.08. The first-order valence-corrected chi connectivity index (χ1v) is 13.0. The summed E-state index contributed by atoms with van der Waals surface area (Å²) in [5, 5.41) is 0.619. The molecule has 0 N–H and O–H groups in total. The number of anilines is 1. The number of benzene rings is 3. The van der Waals surface area contributed by atoms with Crippen LogP contribution >= 0.6 is 46.4 Å². The summed E-state index contributed by atoms with van der Waals surface area (Å²) in [5.41, 5.74) is 0.579. The third kappa shape index (κ3) is 7.48. The van der Waals surface area contributed by atoms with Crippen molar-refractivity contribution in [1.82, 2.24) is 0 Å². The molecule has 8 nitrogen and oxygen atoms in total. The van der Waals surface area contributed by atoms with Crippen LogP contribution in [0.4, 0.5) is 10.5 Å². The highest BCUT2D eigenvalue weighted by Crippen LogP contribution is 2.41. The second kappa shape index (κ2) is 13.8. The number of ether oxygens (including phenoxy) is 4. The van der Waals surface area contributed by atoms with Crippen molar-refractivity contribution in [1.29, 1.82) is 0 Å². The lowest BCUT2D eigenvalue weighted by Gasteiger charge is -2.22. The predicted octanol–water partition coefficient (Wildman–Crippen LogP) is 7.86. The van der Waals surface area contributed by atoms with E-state index in [0.717, 1.165) is 4.90 Å². The molecule has 3 aromatic carbocycles. The number of carbonyl (C=O) groups excluding carboxylic acids is 3. The second-order valence-electron chi connectivity index (χ2n) is 7.75. The van der Waals surface area contributed by atoms with Crippen LogP contribution in [0, 0.1) is 0 Å². The van der Waals surface area contributed by atoms with E-state index in [-0.39, 0.29) is 62.3 Å². The van der Waals surface area contributed by atoms with E-state index in [1.165, 1.54) is 37.4 Å². The van der Waals surface area contributed by atoms with Crippen molar-refractivity contribution in [3.63, 3.8) is 0 Å². The van der Waals surface area contributed by atoms with Crippen molar-refractivity contribution in [2.75, 3.05) is 31.8 Å². The van der Waals surface area contributed by atoms with Crippen LogP contribution in [0.25, 0.3) is 0 Å². The number of nitrogens with zero attached hydrogens (tertiary/aromatic N) is 1. The maximum absolute atomic E-state index is 13.3. The standard InChI is InChI=1S/C27H23Cl4NO7/c1-4-37-24(33)14-32(27(35)38-5-2)16-11-21(30)26(22(31)12-16)39-17-7-9-23(36-3)19(13-17)25(34)18-8-6-15(28)10-20(18)29/h6-13H,4-5,14H2,1-3H3. The average Bonchev–Trinajstić information content (AvgIpc) is 2.89. The van der Waals surface area contributed by atoms with E-state index in [1.54, 1.807) is 32.0 Å². The molecule has 0 atom stereocenters. The fourth-order valence-corrected chi connectivity index (χ4v) is 4.51. The van der Waals surface area contributed by atoms with Crippen LogP contribution < -0.4 is 14.4 Å². The van der Waals surface area contributed by atoms with Crippen molar-refractivity contribution in [3.05, 3.63) is 79.7 Å². The van der Waals surface area contributed by atoms with E-state index >= 15 is 0 Å². The molecule has 3 aromatic rings. The minimum atomic E-state index is -0.787. The highest BCUT2D eigenvalue weighted by Gasteiger charge is 2.24. The monoisotopic (exact) mass is 613 g/mol. The fraction of sp³-hybridized carbons (Fsp3) is 0.222. The number of esters is 1. The fourth-order valence-electron chi connectivity index (χ4n) is 3.46. The Morgan fingerprint density at radius 1 is 0.795 bits per heavy atom. The van der Waals surface area contributed by atoms with Gasteiger partial charge in [-0.3, -0.25) is 14.5 Å². The summed E-state index contributed by atoms with van der Waals surface area (Å²) < 4.78 is 21.3. The van der Waals surface area contributed by atoms with Gasteiger partial charge < -0.3 is 18.9 Å². The van der Waals surface area contributed by atoms with Crippen molar-refractivity contribution in [3.8, 4) is 17.2 Å². The van der Waals surface area contributed by atoms with Crippen LogP contribution in [-0.2, 0) is 14.3 Å². The van der Waals surface area contributed by atoms with Crippen molar-refractivity contribution >= 4 is 69.9 Å². The Morgan fingerprint density at radius 3 is 2.05 bits per heavy atom. The molecule has 0 aromatic heterocycles. The molecule has 3 rings (SSSR count). The molecule has 206 valence electrons. The summed E-state index contributed by atoms with van der Waals surface area (Å²) in [4.78, 5) is 38.9. The number of hydrogen-bond acceptors (Lipinski definition) is 7. The van der Waals surface area contributed by atoms with E-state index in [0.29, 0.717) is 5.02 Å². The molecule has 12 heteroatoms. The highest BCUT2D eigenvalue weighted by atomic mass is 35.5. The number of amides is 1. The van der Waals surface area contributed by atoms with Gasteiger partial charge in [0, 0.05) is 10.6 Å². The van der Waals surface area contributed by atoms with Gasteiger partial charge in [0.15, 0.2) is 11.5 Å². The number of methoxy groups -OCH3 is 1. The summed E-state index contributed by atoms with van der Waals surface area (Å²) >= 11 is 25.1. The smallest absolute Gasteiger partial charge is 0.414 e.